The largest absolute Gasteiger partial charge is 0.337 e. The van der Waals surface area contributed by atoms with E-state index in [1.165, 1.54) is 12.1 Å². The first-order chi connectivity index (χ1) is 13.4. The molecule has 3 rings (SSSR count). The SMILES string of the molecule is CN(Cc1ccccc1)C(=O)c1ccccc1NS(=O)(=O)c1ccc(Br)cc1. The number of anilines is 1. The number of benzene rings is 3. The van der Waals surface area contributed by atoms with Crippen molar-refractivity contribution in [2.45, 2.75) is 11.4 Å². The van der Waals surface area contributed by atoms with Crippen molar-refractivity contribution in [3.05, 3.63) is 94.5 Å². The molecule has 0 fully saturated rings. The van der Waals surface area contributed by atoms with Crippen LogP contribution in [0.25, 0.3) is 0 Å². The number of rotatable bonds is 6. The number of nitrogens with one attached hydrogen (secondary N) is 1. The highest BCUT2D eigenvalue weighted by Crippen LogP contribution is 2.23. The van der Waals surface area contributed by atoms with Crippen LogP contribution in [0.5, 0.6) is 0 Å². The van der Waals surface area contributed by atoms with Crippen LogP contribution in [0.1, 0.15) is 15.9 Å². The number of nitrogens with zero attached hydrogens (tertiary/aromatic N) is 1. The number of sulfonamides is 1. The lowest BCUT2D eigenvalue weighted by atomic mass is 10.1. The van der Waals surface area contributed by atoms with E-state index in [9.17, 15) is 13.2 Å². The van der Waals surface area contributed by atoms with Gasteiger partial charge < -0.3 is 4.90 Å². The summed E-state index contributed by atoms with van der Waals surface area (Å²) in [5.41, 5.74) is 1.53. The Morgan fingerprint density at radius 2 is 1.54 bits per heavy atom. The topological polar surface area (TPSA) is 66.5 Å². The molecule has 0 heterocycles. The molecule has 1 amide bonds. The van der Waals surface area contributed by atoms with Gasteiger partial charge in [0.15, 0.2) is 0 Å². The molecule has 0 saturated heterocycles. The standard InChI is InChI=1S/C21H19BrN2O3S/c1-24(15-16-7-3-2-4-8-16)21(25)19-9-5-6-10-20(19)23-28(26,27)18-13-11-17(22)12-14-18/h2-14,23H,15H2,1H3. The molecule has 1 N–H and O–H groups in total. The zero-order valence-corrected chi connectivity index (χ0v) is 17.6. The van der Waals surface area contributed by atoms with Gasteiger partial charge in [-0.15, -0.1) is 0 Å². The van der Waals surface area contributed by atoms with Gasteiger partial charge in [0.05, 0.1) is 16.1 Å². The summed E-state index contributed by atoms with van der Waals surface area (Å²) in [6.07, 6.45) is 0. The molecule has 144 valence electrons. The molecule has 5 nitrogen and oxygen atoms in total. The van der Waals surface area contributed by atoms with E-state index < -0.39 is 10.0 Å². The van der Waals surface area contributed by atoms with Crippen molar-refractivity contribution < 1.29 is 13.2 Å². The normalized spacial score (nSPS) is 11.1. The maximum Gasteiger partial charge on any atom is 0.261 e. The lowest BCUT2D eigenvalue weighted by Gasteiger charge is -2.19. The molecule has 0 aliphatic rings. The molecule has 0 radical (unpaired) electrons. The second kappa shape index (κ2) is 8.58. The summed E-state index contributed by atoms with van der Waals surface area (Å²) in [5.74, 6) is -0.266. The highest BCUT2D eigenvalue weighted by Gasteiger charge is 2.20. The van der Waals surface area contributed by atoms with E-state index in [-0.39, 0.29) is 16.5 Å². The quantitative estimate of drug-likeness (QED) is 0.590. The van der Waals surface area contributed by atoms with Gasteiger partial charge in [-0.3, -0.25) is 9.52 Å². The minimum atomic E-state index is -3.81. The summed E-state index contributed by atoms with van der Waals surface area (Å²) in [6.45, 7) is 0.424. The van der Waals surface area contributed by atoms with Crippen molar-refractivity contribution in [3.8, 4) is 0 Å². The van der Waals surface area contributed by atoms with Crippen LogP contribution in [0.15, 0.2) is 88.2 Å². The molecule has 0 unspecified atom stereocenters. The van der Waals surface area contributed by atoms with E-state index in [2.05, 4.69) is 20.7 Å². The summed E-state index contributed by atoms with van der Waals surface area (Å²) < 4.78 is 28.7. The first-order valence-electron chi connectivity index (χ1n) is 8.53. The van der Waals surface area contributed by atoms with Crippen molar-refractivity contribution in [1.29, 1.82) is 0 Å². The minimum Gasteiger partial charge on any atom is -0.337 e. The molecule has 0 aromatic heterocycles. The third-order valence-electron chi connectivity index (χ3n) is 4.14. The summed E-state index contributed by atoms with van der Waals surface area (Å²) in [5, 5.41) is 0. The molecule has 28 heavy (non-hydrogen) atoms. The summed E-state index contributed by atoms with van der Waals surface area (Å²) in [6, 6.07) is 22.5. The Labute approximate surface area is 173 Å². The molecule has 3 aromatic rings. The van der Waals surface area contributed by atoms with E-state index in [1.54, 1.807) is 48.3 Å². The number of hydrogen-bond donors (Lipinski definition) is 1. The molecule has 0 saturated carbocycles. The summed E-state index contributed by atoms with van der Waals surface area (Å²) in [4.78, 5) is 14.6. The van der Waals surface area contributed by atoms with E-state index >= 15 is 0 Å². The molecule has 0 spiro atoms. The highest BCUT2D eigenvalue weighted by atomic mass is 79.9. The van der Waals surface area contributed by atoms with Crippen molar-refractivity contribution in [2.24, 2.45) is 0 Å². The molecule has 0 aliphatic heterocycles. The van der Waals surface area contributed by atoms with Crippen molar-refractivity contribution in [1.82, 2.24) is 4.90 Å². The fraction of sp³-hybridized carbons (Fsp3) is 0.0952. The zero-order chi connectivity index (χ0) is 20.1. The monoisotopic (exact) mass is 458 g/mol. The van der Waals surface area contributed by atoms with Crippen LogP contribution in [0.2, 0.25) is 0 Å². The van der Waals surface area contributed by atoms with Crippen molar-refractivity contribution in [2.75, 3.05) is 11.8 Å². The average molecular weight is 459 g/mol. The Morgan fingerprint density at radius 3 is 2.21 bits per heavy atom. The average Bonchev–Trinajstić information content (AvgIpc) is 2.68. The Morgan fingerprint density at radius 1 is 0.929 bits per heavy atom. The second-order valence-corrected chi connectivity index (χ2v) is 8.85. The van der Waals surface area contributed by atoms with Gasteiger partial charge in [0.1, 0.15) is 0 Å². The van der Waals surface area contributed by atoms with Gasteiger partial charge in [0.25, 0.3) is 15.9 Å². The van der Waals surface area contributed by atoms with Gasteiger partial charge in [-0.2, -0.15) is 0 Å². The number of carbonyl (C=O) groups is 1. The van der Waals surface area contributed by atoms with Gasteiger partial charge >= 0.3 is 0 Å². The Kier molecular flexibility index (Phi) is 6.16. The molecule has 0 aliphatic carbocycles. The lowest BCUT2D eigenvalue weighted by molar-refractivity contribution is 0.0786. The first-order valence-corrected chi connectivity index (χ1v) is 10.8. The number of halogens is 1. The Bertz CT molecular complexity index is 1070. The smallest absolute Gasteiger partial charge is 0.261 e. The maximum atomic E-state index is 12.9. The van der Waals surface area contributed by atoms with Crippen LogP contribution in [0.3, 0.4) is 0 Å². The molecule has 7 heteroatoms. The van der Waals surface area contributed by atoms with Gasteiger partial charge in [-0.25, -0.2) is 8.42 Å². The molecule has 3 aromatic carbocycles. The Balaban J connectivity index is 1.84. The predicted molar refractivity (Wildman–Crippen MR) is 114 cm³/mol. The Hall–Kier alpha value is -2.64. The van der Waals surface area contributed by atoms with E-state index in [1.807, 2.05) is 30.3 Å². The van der Waals surface area contributed by atoms with Gasteiger partial charge in [0, 0.05) is 18.1 Å². The number of hydrogen-bond acceptors (Lipinski definition) is 3. The van der Waals surface area contributed by atoms with Crippen LogP contribution >= 0.6 is 15.9 Å². The molecular formula is C21H19BrN2O3S. The van der Waals surface area contributed by atoms with Gasteiger partial charge in [-0.05, 0) is 42.0 Å². The molecule has 0 bridgehead atoms. The lowest BCUT2D eigenvalue weighted by Crippen LogP contribution is -2.27. The third kappa shape index (κ3) is 4.79. The maximum absolute atomic E-state index is 12.9. The number of carbonyl (C=O) groups excluding carboxylic acids is 1. The fourth-order valence-corrected chi connectivity index (χ4v) is 4.05. The minimum absolute atomic E-state index is 0.121. The van der Waals surface area contributed by atoms with E-state index in [4.69, 9.17) is 0 Å². The van der Waals surface area contributed by atoms with Crippen LogP contribution in [-0.4, -0.2) is 26.3 Å². The predicted octanol–water partition coefficient (Wildman–Crippen LogP) is 4.52. The third-order valence-corrected chi connectivity index (χ3v) is 6.05. The number of amides is 1. The highest BCUT2D eigenvalue weighted by molar-refractivity contribution is 9.10. The van der Waals surface area contributed by atoms with E-state index in [0.717, 1.165) is 10.0 Å². The van der Waals surface area contributed by atoms with Crippen LogP contribution in [-0.2, 0) is 16.6 Å². The van der Waals surface area contributed by atoms with Crippen molar-refractivity contribution in [3.63, 3.8) is 0 Å². The molecule has 0 atom stereocenters. The van der Waals surface area contributed by atoms with Gasteiger partial charge in [-0.1, -0.05) is 58.4 Å². The van der Waals surface area contributed by atoms with Crippen LogP contribution in [0.4, 0.5) is 5.69 Å². The second-order valence-electron chi connectivity index (χ2n) is 6.25. The summed E-state index contributed by atoms with van der Waals surface area (Å²) >= 11 is 3.29. The number of para-hydroxylation sites is 1. The molecular weight excluding hydrogens is 440 g/mol. The van der Waals surface area contributed by atoms with E-state index in [0.29, 0.717) is 12.1 Å². The zero-order valence-electron chi connectivity index (χ0n) is 15.2. The van der Waals surface area contributed by atoms with Gasteiger partial charge in [0.2, 0.25) is 0 Å². The van der Waals surface area contributed by atoms with Crippen LogP contribution < -0.4 is 4.72 Å². The van der Waals surface area contributed by atoms with Crippen molar-refractivity contribution >= 4 is 37.5 Å². The fourth-order valence-electron chi connectivity index (χ4n) is 2.71. The summed E-state index contributed by atoms with van der Waals surface area (Å²) in [7, 11) is -2.12. The van der Waals surface area contributed by atoms with Crippen LogP contribution in [0, 0.1) is 0 Å². The first kappa shape index (κ1) is 20.1.